The quantitative estimate of drug-likeness (QED) is 0.112. The van der Waals surface area contributed by atoms with Gasteiger partial charge in [-0.3, -0.25) is 0 Å². The number of unbranched alkanes of at least 4 members (excludes halogenated alkanes) is 3. The molecule has 2 atom stereocenters. The van der Waals surface area contributed by atoms with Crippen LogP contribution in [0.15, 0.2) is 109 Å². The zero-order valence-electron chi connectivity index (χ0n) is 28.5. The van der Waals surface area contributed by atoms with Crippen molar-refractivity contribution in [1.82, 2.24) is 0 Å². The van der Waals surface area contributed by atoms with E-state index in [0.717, 1.165) is 12.8 Å². The molecule has 0 spiro atoms. The van der Waals surface area contributed by atoms with E-state index in [9.17, 15) is 0 Å². The van der Waals surface area contributed by atoms with E-state index in [2.05, 4.69) is 156 Å². The standard InChI is InChI=1S/C25H31.C9H7.C6H5.C2H7Si.2ClH.Zr/c1-5-6-7-8-10-19-17-21-11-9-12-23(24(21)18-19)20-13-15-22(16-14-20)25(2,3)4;1-2-5-9-7-3-6-8(9)4-1;1-2-4-6-5-3-1;1-3-2;;;/h9,11-18H,5-8,10H2,1-4H3;1-7H;1-5H;3H,1-2H3;2*1H;/q;;;;;;+2/p-2. The van der Waals surface area contributed by atoms with Crippen molar-refractivity contribution >= 4 is 38.4 Å². The Bertz CT molecular complexity index is 1810. The fourth-order valence-electron chi connectivity index (χ4n) is 8.92. The van der Waals surface area contributed by atoms with Gasteiger partial charge in [-0.1, -0.05) is 0 Å². The Labute approximate surface area is 283 Å². The summed E-state index contributed by atoms with van der Waals surface area (Å²) in [5.41, 5.74) is 10.7. The summed E-state index contributed by atoms with van der Waals surface area (Å²) in [6, 6.07) is 36.0. The topological polar surface area (TPSA) is 0 Å². The fraction of sp³-hybridized carbons (Fsp3) is 0.333. The van der Waals surface area contributed by atoms with E-state index in [0.29, 0.717) is 0 Å². The van der Waals surface area contributed by atoms with Crippen LogP contribution in [0.4, 0.5) is 0 Å². The average Bonchev–Trinajstić information content (AvgIpc) is 3.67. The molecule has 0 saturated carbocycles. The van der Waals surface area contributed by atoms with Crippen molar-refractivity contribution < 1.29 is 14.1 Å². The molecule has 0 nitrogen and oxygen atoms in total. The van der Waals surface area contributed by atoms with Gasteiger partial charge in [0.05, 0.1) is 0 Å². The van der Waals surface area contributed by atoms with Crippen molar-refractivity contribution in [2.45, 2.75) is 85.6 Å². The van der Waals surface area contributed by atoms with Gasteiger partial charge in [0.1, 0.15) is 0 Å². The minimum atomic E-state index is -5.78. The number of halogens is 2. The summed E-state index contributed by atoms with van der Waals surface area (Å²) in [5, 5.41) is 0. The second-order valence-electron chi connectivity index (χ2n) is 15.4. The molecule has 0 aliphatic heterocycles. The zero-order valence-corrected chi connectivity index (χ0v) is 33.6. The zero-order chi connectivity index (χ0) is 32.8. The minimum absolute atomic E-state index is 0.00942. The third-order valence-corrected chi connectivity index (χ3v) is 78.8. The molecule has 240 valence electrons. The maximum absolute atomic E-state index is 9.12. The van der Waals surface area contributed by atoms with Crippen LogP contribution in [0.3, 0.4) is 0 Å². The molecule has 0 saturated heterocycles. The van der Waals surface area contributed by atoms with Crippen LogP contribution in [-0.2, 0) is 19.5 Å². The normalized spacial score (nSPS) is 19.0. The molecule has 0 radical (unpaired) electrons. The molecule has 4 aromatic carbocycles. The average molecular weight is 745 g/mol. The number of fused-ring (bicyclic) bond motifs is 2. The molecule has 0 fully saturated rings. The molecule has 0 heterocycles. The van der Waals surface area contributed by atoms with Gasteiger partial charge >= 0.3 is 286 Å². The van der Waals surface area contributed by atoms with E-state index in [1.165, 1.54) is 67.1 Å². The molecular weight excluding hydrogens is 695 g/mol. The second kappa shape index (κ2) is 12.2. The van der Waals surface area contributed by atoms with Gasteiger partial charge in [-0.25, -0.2) is 0 Å². The van der Waals surface area contributed by atoms with E-state index < -0.39 is 20.0 Å². The summed E-state index contributed by atoms with van der Waals surface area (Å²) in [4.78, 5) is 0. The van der Waals surface area contributed by atoms with Crippen LogP contribution in [0, 0.1) is 0 Å². The predicted octanol–water partition coefficient (Wildman–Crippen LogP) is 12.7. The third-order valence-electron chi connectivity index (χ3n) is 11.7. The Kier molecular flexibility index (Phi) is 8.98. The summed E-state index contributed by atoms with van der Waals surface area (Å²) >= 11 is -5.78. The summed E-state index contributed by atoms with van der Waals surface area (Å²) < 4.78 is 1.20. The molecule has 4 heteroatoms. The first-order chi connectivity index (χ1) is 21.9. The van der Waals surface area contributed by atoms with Crippen molar-refractivity contribution in [1.29, 1.82) is 0 Å². The Balaban J connectivity index is 1.66. The van der Waals surface area contributed by atoms with Gasteiger partial charge in [0.25, 0.3) is 0 Å². The van der Waals surface area contributed by atoms with Crippen molar-refractivity contribution in [2.75, 3.05) is 0 Å². The molecule has 0 N–H and O–H groups in total. The van der Waals surface area contributed by atoms with Crippen LogP contribution in [0.2, 0.25) is 13.1 Å². The summed E-state index contributed by atoms with van der Waals surface area (Å²) in [7, 11) is 18.2. The summed E-state index contributed by atoms with van der Waals surface area (Å²) in [6.07, 6.45) is 13.1. The molecule has 46 heavy (non-hydrogen) atoms. The second-order valence-corrected chi connectivity index (χ2v) is 66.5. The number of allylic oxidation sites excluding steroid dienone is 2. The molecule has 0 aromatic heterocycles. The third kappa shape index (κ3) is 5.08. The van der Waals surface area contributed by atoms with Crippen LogP contribution in [-0.4, -0.2) is 5.92 Å². The first-order valence-electron chi connectivity index (χ1n) is 17.4. The van der Waals surface area contributed by atoms with Gasteiger partial charge < -0.3 is 0 Å². The van der Waals surface area contributed by atoms with Crippen LogP contribution < -0.4 is 3.27 Å². The maximum atomic E-state index is 9.12. The Morgan fingerprint density at radius 2 is 1.41 bits per heavy atom. The van der Waals surface area contributed by atoms with Crippen molar-refractivity contribution in [3.05, 3.63) is 137 Å². The number of hydrogen-bond acceptors (Lipinski definition) is 0. The Morgan fingerprint density at radius 3 is 2.09 bits per heavy atom. The monoisotopic (exact) mass is 742 g/mol. The van der Waals surface area contributed by atoms with Crippen LogP contribution in [0.25, 0.3) is 23.3 Å². The number of benzene rings is 4. The van der Waals surface area contributed by atoms with Crippen molar-refractivity contribution in [2.24, 2.45) is 0 Å². The van der Waals surface area contributed by atoms with Gasteiger partial charge in [0, 0.05) is 0 Å². The Morgan fingerprint density at radius 1 is 0.739 bits per heavy atom. The predicted molar refractivity (Wildman–Crippen MR) is 205 cm³/mol. The molecule has 2 aliphatic rings. The van der Waals surface area contributed by atoms with Gasteiger partial charge in [0.2, 0.25) is 0 Å². The van der Waals surface area contributed by atoms with Crippen molar-refractivity contribution in [3.8, 4) is 11.1 Å². The summed E-state index contributed by atoms with van der Waals surface area (Å²) in [6.45, 7) is 14.0. The van der Waals surface area contributed by atoms with Gasteiger partial charge in [-0.15, -0.1) is 0 Å². The van der Waals surface area contributed by atoms with Gasteiger partial charge in [-0.2, -0.15) is 0 Å². The SMILES string of the molecule is CCCCCCC1=Cc2c(-c3ccc(C(C)(C)C)cc3)cccc2[CH]1[Zr]([Cl])([Cl])([c]1ccccc1)([CH]1C=Cc2ccccc21)[SiH](C)C. The molecule has 0 amide bonds. The molecular formula is C42H50Cl2SiZr. The first-order valence-corrected chi connectivity index (χ1v) is 35.0. The number of rotatable bonds is 10. The van der Waals surface area contributed by atoms with Gasteiger partial charge in [0.15, 0.2) is 0 Å². The Hall–Kier alpha value is -1.96. The number of hydrogen-bond donors (Lipinski definition) is 0. The molecule has 2 aliphatic carbocycles. The molecule has 2 unspecified atom stereocenters. The van der Waals surface area contributed by atoms with E-state index in [1.54, 1.807) is 0 Å². The van der Waals surface area contributed by atoms with E-state index in [4.69, 9.17) is 17.0 Å². The van der Waals surface area contributed by atoms with Crippen molar-refractivity contribution in [3.63, 3.8) is 0 Å². The van der Waals surface area contributed by atoms with E-state index in [1.807, 2.05) is 0 Å². The summed E-state index contributed by atoms with van der Waals surface area (Å²) in [5.74, 6) is -1.86. The van der Waals surface area contributed by atoms with Gasteiger partial charge in [-0.05, 0) is 0 Å². The van der Waals surface area contributed by atoms with Crippen LogP contribution >= 0.6 is 17.0 Å². The van der Waals surface area contributed by atoms with E-state index >= 15 is 0 Å². The molecule has 4 aromatic rings. The van der Waals surface area contributed by atoms with E-state index in [-0.39, 0.29) is 12.7 Å². The first kappa shape index (κ1) is 33.9. The molecule has 0 bridgehead atoms. The molecule has 6 rings (SSSR count). The van der Waals surface area contributed by atoms with Crippen LogP contribution in [0.1, 0.15) is 94.9 Å². The fourth-order valence-corrected chi connectivity index (χ4v) is 52.3. The van der Waals surface area contributed by atoms with Crippen LogP contribution in [0.5, 0.6) is 0 Å².